The van der Waals surface area contributed by atoms with Crippen molar-refractivity contribution in [3.63, 3.8) is 0 Å². The van der Waals surface area contributed by atoms with Gasteiger partial charge in [-0.05, 0) is 50.2 Å². The van der Waals surface area contributed by atoms with E-state index in [1.165, 1.54) is 6.42 Å². The van der Waals surface area contributed by atoms with E-state index in [1.54, 1.807) is 0 Å². The molecule has 0 bridgehead atoms. The molecule has 0 spiro atoms. The maximum atomic E-state index is 11.0. The van der Waals surface area contributed by atoms with Crippen molar-refractivity contribution in [1.82, 2.24) is 4.98 Å². The molecule has 0 aliphatic heterocycles. The quantitative estimate of drug-likeness (QED) is 0.768. The Labute approximate surface area is 109 Å². The zero-order chi connectivity index (χ0) is 13.1. The van der Waals surface area contributed by atoms with Crippen molar-refractivity contribution in [2.45, 2.75) is 46.1 Å². The van der Waals surface area contributed by atoms with Crippen molar-refractivity contribution in [2.75, 3.05) is 0 Å². The molecular weight excluding hydrogens is 226 g/mol. The maximum absolute atomic E-state index is 11.0. The van der Waals surface area contributed by atoms with Gasteiger partial charge in [0, 0.05) is 5.69 Å². The smallest absolute Gasteiger partial charge is 0.172 e. The fourth-order valence-electron chi connectivity index (χ4n) is 2.53. The lowest BCUT2D eigenvalue weighted by atomic mass is 9.80. The minimum absolute atomic E-state index is 0.222. The van der Waals surface area contributed by atoms with Crippen LogP contribution in [0.15, 0.2) is 12.1 Å². The van der Waals surface area contributed by atoms with Crippen molar-refractivity contribution in [3.05, 3.63) is 23.5 Å². The Hall–Kier alpha value is -1.38. The topological polar surface area (TPSA) is 39.2 Å². The van der Waals surface area contributed by atoms with Crippen molar-refractivity contribution >= 4 is 6.29 Å². The van der Waals surface area contributed by atoms with Crippen LogP contribution in [0.2, 0.25) is 0 Å². The summed E-state index contributed by atoms with van der Waals surface area (Å²) < 4.78 is 5.96. The Kier molecular flexibility index (Phi) is 4.00. The number of pyridine rings is 1. The van der Waals surface area contributed by atoms with E-state index in [0.717, 1.165) is 30.7 Å². The number of aldehydes is 1. The third kappa shape index (κ3) is 2.89. The number of hydrogen-bond acceptors (Lipinski definition) is 3. The van der Waals surface area contributed by atoms with Gasteiger partial charge in [0.2, 0.25) is 0 Å². The summed E-state index contributed by atoms with van der Waals surface area (Å²) in [6, 6.07) is 3.74. The van der Waals surface area contributed by atoms with Crippen LogP contribution in [0.4, 0.5) is 0 Å². The Morgan fingerprint density at radius 1 is 1.28 bits per heavy atom. The van der Waals surface area contributed by atoms with Crippen LogP contribution in [0.3, 0.4) is 0 Å². The van der Waals surface area contributed by atoms with E-state index in [4.69, 9.17) is 4.74 Å². The summed E-state index contributed by atoms with van der Waals surface area (Å²) in [5.41, 5.74) is 1.26. The second kappa shape index (κ2) is 5.51. The molecule has 3 unspecified atom stereocenters. The Morgan fingerprint density at radius 3 is 2.72 bits per heavy atom. The minimum atomic E-state index is 0.222. The molecule has 1 heterocycles. The predicted molar refractivity (Wildman–Crippen MR) is 71.0 cm³/mol. The number of nitrogens with zero attached hydrogens (tertiary/aromatic N) is 1. The van der Waals surface area contributed by atoms with Gasteiger partial charge in [0.25, 0.3) is 0 Å². The second-order valence-corrected chi connectivity index (χ2v) is 5.46. The highest BCUT2D eigenvalue weighted by atomic mass is 16.5. The van der Waals surface area contributed by atoms with E-state index in [-0.39, 0.29) is 6.10 Å². The van der Waals surface area contributed by atoms with Gasteiger partial charge in [0.05, 0.1) is 6.10 Å². The molecule has 3 nitrogen and oxygen atoms in total. The number of carbonyl (C=O) groups is 1. The first-order valence-electron chi connectivity index (χ1n) is 6.69. The van der Waals surface area contributed by atoms with Gasteiger partial charge in [-0.1, -0.05) is 13.8 Å². The summed E-state index contributed by atoms with van der Waals surface area (Å²) in [5.74, 6) is 2.08. The average Bonchev–Trinajstić information content (AvgIpc) is 2.36. The van der Waals surface area contributed by atoms with Crippen LogP contribution >= 0.6 is 0 Å². The normalized spacial score (nSPS) is 27.8. The first kappa shape index (κ1) is 13.1. The van der Waals surface area contributed by atoms with E-state index in [9.17, 15) is 4.79 Å². The summed E-state index contributed by atoms with van der Waals surface area (Å²) >= 11 is 0. The minimum Gasteiger partial charge on any atom is -0.488 e. The molecule has 3 atom stereocenters. The molecule has 0 aromatic carbocycles. The maximum Gasteiger partial charge on any atom is 0.172 e. The van der Waals surface area contributed by atoms with Crippen LogP contribution in [-0.4, -0.2) is 17.4 Å². The molecule has 3 heteroatoms. The van der Waals surface area contributed by atoms with E-state index in [0.29, 0.717) is 17.4 Å². The zero-order valence-electron chi connectivity index (χ0n) is 11.3. The molecule has 1 aliphatic carbocycles. The number of aryl methyl sites for hydroxylation is 1. The van der Waals surface area contributed by atoms with Crippen LogP contribution in [0.1, 0.15) is 49.3 Å². The highest BCUT2D eigenvalue weighted by molar-refractivity contribution is 5.76. The largest absolute Gasteiger partial charge is 0.488 e. The zero-order valence-corrected chi connectivity index (χ0v) is 11.3. The van der Waals surface area contributed by atoms with Gasteiger partial charge in [-0.3, -0.25) is 4.79 Å². The van der Waals surface area contributed by atoms with Crippen molar-refractivity contribution in [2.24, 2.45) is 11.8 Å². The van der Waals surface area contributed by atoms with E-state index >= 15 is 0 Å². The standard InChI is InChI=1S/C15H21NO2/c1-10-4-6-13(8-11(10)2)18-15-7-5-12(3)16-14(15)9-17/h5,7,9-11,13H,4,6,8H2,1-3H3. The van der Waals surface area contributed by atoms with Gasteiger partial charge in [0.15, 0.2) is 6.29 Å². The lowest BCUT2D eigenvalue weighted by molar-refractivity contribution is 0.0970. The fraction of sp³-hybridized carbons (Fsp3) is 0.600. The molecule has 0 amide bonds. The molecule has 1 aromatic heterocycles. The van der Waals surface area contributed by atoms with Crippen LogP contribution in [0.5, 0.6) is 5.75 Å². The van der Waals surface area contributed by atoms with Gasteiger partial charge in [-0.15, -0.1) is 0 Å². The third-order valence-electron chi connectivity index (χ3n) is 3.98. The summed E-state index contributed by atoms with van der Waals surface area (Å²) in [5, 5.41) is 0. The highest BCUT2D eigenvalue weighted by Gasteiger charge is 2.26. The van der Waals surface area contributed by atoms with Crippen molar-refractivity contribution in [1.29, 1.82) is 0 Å². The molecule has 0 N–H and O–H groups in total. The second-order valence-electron chi connectivity index (χ2n) is 5.46. The number of ether oxygens (including phenoxy) is 1. The van der Waals surface area contributed by atoms with Gasteiger partial charge in [0.1, 0.15) is 11.4 Å². The monoisotopic (exact) mass is 247 g/mol. The SMILES string of the molecule is Cc1ccc(OC2CCC(C)C(C)C2)c(C=O)n1. The molecule has 0 saturated heterocycles. The molecule has 98 valence electrons. The van der Waals surface area contributed by atoms with Gasteiger partial charge < -0.3 is 4.74 Å². The molecule has 1 aliphatic rings. The Morgan fingerprint density at radius 2 is 2.06 bits per heavy atom. The molecular formula is C15H21NO2. The summed E-state index contributed by atoms with van der Waals surface area (Å²) in [7, 11) is 0. The van der Waals surface area contributed by atoms with Gasteiger partial charge >= 0.3 is 0 Å². The lowest BCUT2D eigenvalue weighted by Crippen LogP contribution is -2.29. The number of carbonyl (C=O) groups excluding carboxylic acids is 1. The third-order valence-corrected chi connectivity index (χ3v) is 3.98. The fourth-order valence-corrected chi connectivity index (χ4v) is 2.53. The summed E-state index contributed by atoms with van der Waals surface area (Å²) in [4.78, 5) is 15.2. The van der Waals surface area contributed by atoms with Crippen LogP contribution in [0.25, 0.3) is 0 Å². The number of aromatic nitrogens is 1. The van der Waals surface area contributed by atoms with E-state index in [2.05, 4.69) is 18.8 Å². The highest BCUT2D eigenvalue weighted by Crippen LogP contribution is 2.32. The number of rotatable bonds is 3. The first-order valence-corrected chi connectivity index (χ1v) is 6.69. The summed E-state index contributed by atoms with van der Waals surface area (Å²) in [6.07, 6.45) is 4.32. The molecule has 1 saturated carbocycles. The predicted octanol–water partition coefficient (Wildman–Crippen LogP) is 3.41. The van der Waals surface area contributed by atoms with Gasteiger partial charge in [-0.2, -0.15) is 0 Å². The average molecular weight is 247 g/mol. The van der Waals surface area contributed by atoms with Crippen molar-refractivity contribution < 1.29 is 9.53 Å². The first-order chi connectivity index (χ1) is 8.60. The number of hydrogen-bond donors (Lipinski definition) is 0. The Balaban J connectivity index is 2.07. The van der Waals surface area contributed by atoms with Crippen molar-refractivity contribution in [3.8, 4) is 5.75 Å². The molecule has 2 rings (SSSR count). The molecule has 18 heavy (non-hydrogen) atoms. The van der Waals surface area contributed by atoms with E-state index < -0.39 is 0 Å². The molecule has 1 fully saturated rings. The van der Waals surface area contributed by atoms with Gasteiger partial charge in [-0.25, -0.2) is 4.98 Å². The van der Waals surface area contributed by atoms with E-state index in [1.807, 2.05) is 19.1 Å². The van der Waals surface area contributed by atoms with Crippen LogP contribution in [-0.2, 0) is 0 Å². The molecule has 0 radical (unpaired) electrons. The summed E-state index contributed by atoms with van der Waals surface area (Å²) in [6.45, 7) is 6.44. The lowest BCUT2D eigenvalue weighted by Gasteiger charge is -2.32. The van der Waals surface area contributed by atoms with Crippen LogP contribution < -0.4 is 4.74 Å². The molecule has 1 aromatic rings. The van der Waals surface area contributed by atoms with Crippen LogP contribution in [0, 0.1) is 18.8 Å². The Bertz CT molecular complexity index is 431.